The first-order chi connectivity index (χ1) is 13.7. The van der Waals surface area contributed by atoms with Gasteiger partial charge in [0.25, 0.3) is 0 Å². The highest BCUT2D eigenvalue weighted by Gasteiger charge is 2.28. The van der Waals surface area contributed by atoms with E-state index in [2.05, 4.69) is 19.8 Å². The number of anilines is 1. The molecule has 7 nitrogen and oxygen atoms in total. The maximum atomic E-state index is 12.8. The smallest absolute Gasteiger partial charge is 0.387 e. The lowest BCUT2D eigenvalue weighted by atomic mass is 10.2. The Morgan fingerprint density at radius 1 is 1.18 bits per heavy atom. The molecule has 1 aromatic heterocycles. The first-order valence-corrected chi connectivity index (χ1v) is 9.57. The Labute approximate surface area is 162 Å². The van der Waals surface area contributed by atoms with Crippen LogP contribution in [-0.2, 0) is 11.3 Å². The minimum atomic E-state index is -2.92. The Kier molecular flexibility index (Phi) is 5.61. The number of benzene rings is 1. The average Bonchev–Trinajstić information content (AvgIpc) is 3.42. The Morgan fingerprint density at radius 2 is 2.00 bits per heavy atom. The number of rotatable bonds is 7. The highest BCUT2D eigenvalue weighted by atomic mass is 19.3. The molecule has 0 unspecified atom stereocenters. The molecule has 2 aliphatic heterocycles. The third-order valence-electron chi connectivity index (χ3n) is 5.15. The second kappa shape index (κ2) is 8.30. The monoisotopic (exact) mass is 394 g/mol. The second-order valence-electron chi connectivity index (χ2n) is 7.00. The van der Waals surface area contributed by atoms with Gasteiger partial charge in [-0.3, -0.25) is 4.57 Å². The van der Waals surface area contributed by atoms with Crippen molar-refractivity contribution in [2.75, 3.05) is 31.7 Å². The molecular weight excluding hydrogens is 370 g/mol. The van der Waals surface area contributed by atoms with Gasteiger partial charge < -0.3 is 19.1 Å². The Bertz CT molecular complexity index is 769. The molecule has 0 N–H and O–H groups in total. The number of methoxy groups -OCH3 is 1. The van der Waals surface area contributed by atoms with Gasteiger partial charge >= 0.3 is 6.61 Å². The zero-order chi connectivity index (χ0) is 19.5. The summed E-state index contributed by atoms with van der Waals surface area (Å²) < 4.78 is 43.1. The summed E-state index contributed by atoms with van der Waals surface area (Å²) in [7, 11) is 1.42. The largest absolute Gasteiger partial charge is 0.493 e. The van der Waals surface area contributed by atoms with Crippen molar-refractivity contribution < 1.29 is 23.0 Å². The molecule has 28 heavy (non-hydrogen) atoms. The van der Waals surface area contributed by atoms with E-state index in [0.717, 1.165) is 56.1 Å². The van der Waals surface area contributed by atoms with E-state index in [1.165, 1.54) is 7.11 Å². The number of hydrogen-bond donors (Lipinski definition) is 0. The van der Waals surface area contributed by atoms with Crippen LogP contribution in [0, 0.1) is 0 Å². The second-order valence-corrected chi connectivity index (χ2v) is 7.00. The van der Waals surface area contributed by atoms with E-state index in [1.807, 2.05) is 10.6 Å². The predicted molar refractivity (Wildman–Crippen MR) is 98.1 cm³/mol. The van der Waals surface area contributed by atoms with E-state index in [1.54, 1.807) is 12.1 Å². The Balaban J connectivity index is 1.66. The van der Waals surface area contributed by atoms with Crippen molar-refractivity contribution in [3.63, 3.8) is 0 Å². The SMILES string of the molecule is COc1ccc(Cn2c([C@H]3CCCO3)nnc2N2CCCC2)cc1OC(F)F. The van der Waals surface area contributed by atoms with Crippen LogP contribution in [0.15, 0.2) is 18.2 Å². The predicted octanol–water partition coefficient (Wildman–Crippen LogP) is 3.39. The molecule has 4 rings (SSSR count). The summed E-state index contributed by atoms with van der Waals surface area (Å²) in [5, 5.41) is 8.84. The number of alkyl halides is 2. The fraction of sp³-hybridized carbons (Fsp3) is 0.579. The maximum Gasteiger partial charge on any atom is 0.387 e. The molecule has 1 atom stereocenters. The normalized spacial score (nSPS) is 19.6. The van der Waals surface area contributed by atoms with Gasteiger partial charge in [0.1, 0.15) is 6.10 Å². The summed E-state index contributed by atoms with van der Waals surface area (Å²) in [5.41, 5.74) is 0.802. The summed E-state index contributed by atoms with van der Waals surface area (Å²) in [5.74, 6) is 1.87. The van der Waals surface area contributed by atoms with Gasteiger partial charge in [-0.05, 0) is 43.4 Å². The maximum absolute atomic E-state index is 12.8. The van der Waals surface area contributed by atoms with E-state index in [-0.39, 0.29) is 17.6 Å². The van der Waals surface area contributed by atoms with Crippen molar-refractivity contribution >= 4 is 5.95 Å². The van der Waals surface area contributed by atoms with E-state index >= 15 is 0 Å². The quantitative estimate of drug-likeness (QED) is 0.718. The van der Waals surface area contributed by atoms with Crippen LogP contribution in [0.1, 0.15) is 43.2 Å². The van der Waals surface area contributed by atoms with Gasteiger partial charge in [-0.25, -0.2) is 0 Å². The molecular formula is C19H24F2N4O3. The van der Waals surface area contributed by atoms with Crippen LogP contribution in [0.5, 0.6) is 11.5 Å². The van der Waals surface area contributed by atoms with Gasteiger partial charge in [-0.1, -0.05) is 6.07 Å². The molecule has 2 aromatic rings. The number of aromatic nitrogens is 3. The number of hydrogen-bond acceptors (Lipinski definition) is 6. The number of ether oxygens (including phenoxy) is 3. The summed E-state index contributed by atoms with van der Waals surface area (Å²) in [4.78, 5) is 2.21. The van der Waals surface area contributed by atoms with Crippen molar-refractivity contribution in [3.8, 4) is 11.5 Å². The molecule has 0 bridgehead atoms. The van der Waals surface area contributed by atoms with Crippen LogP contribution in [0.4, 0.5) is 14.7 Å². The molecule has 2 fully saturated rings. The van der Waals surface area contributed by atoms with Gasteiger partial charge in [0.15, 0.2) is 17.3 Å². The van der Waals surface area contributed by atoms with Crippen molar-refractivity contribution in [2.24, 2.45) is 0 Å². The molecule has 0 radical (unpaired) electrons. The lowest BCUT2D eigenvalue weighted by Crippen LogP contribution is -2.23. The molecule has 0 saturated carbocycles. The van der Waals surface area contributed by atoms with Gasteiger partial charge in [0, 0.05) is 19.7 Å². The summed E-state index contributed by atoms with van der Waals surface area (Å²) in [6.45, 7) is 0.114. The molecule has 2 aliphatic rings. The first-order valence-electron chi connectivity index (χ1n) is 9.57. The average molecular weight is 394 g/mol. The molecule has 3 heterocycles. The first kappa shape index (κ1) is 18.9. The van der Waals surface area contributed by atoms with E-state index in [9.17, 15) is 8.78 Å². The topological polar surface area (TPSA) is 61.6 Å². The van der Waals surface area contributed by atoms with Crippen molar-refractivity contribution in [3.05, 3.63) is 29.6 Å². The number of nitrogens with zero attached hydrogens (tertiary/aromatic N) is 4. The number of halogens is 2. The van der Waals surface area contributed by atoms with Crippen molar-refractivity contribution in [2.45, 2.75) is 44.9 Å². The van der Waals surface area contributed by atoms with Gasteiger partial charge in [0.05, 0.1) is 13.7 Å². The standard InChI is InChI=1S/C19H24F2N4O3/c1-26-14-7-6-13(11-16(14)28-18(20)21)12-25-17(15-5-4-10-27-15)22-23-19(25)24-8-2-3-9-24/h6-7,11,15,18H,2-5,8-10,12H2,1H3/t15-/m1/s1. The third-order valence-corrected chi connectivity index (χ3v) is 5.15. The molecule has 0 aliphatic carbocycles. The van der Waals surface area contributed by atoms with Crippen LogP contribution in [0.3, 0.4) is 0 Å². The van der Waals surface area contributed by atoms with E-state index in [4.69, 9.17) is 9.47 Å². The summed E-state index contributed by atoms with van der Waals surface area (Å²) >= 11 is 0. The molecule has 0 spiro atoms. The third kappa shape index (κ3) is 3.89. The minimum Gasteiger partial charge on any atom is -0.493 e. The Morgan fingerprint density at radius 3 is 2.68 bits per heavy atom. The van der Waals surface area contributed by atoms with Crippen LogP contribution < -0.4 is 14.4 Å². The fourth-order valence-electron chi connectivity index (χ4n) is 3.82. The van der Waals surface area contributed by atoms with Gasteiger partial charge in [-0.15, -0.1) is 10.2 Å². The van der Waals surface area contributed by atoms with Crippen molar-refractivity contribution in [1.29, 1.82) is 0 Å². The van der Waals surface area contributed by atoms with Crippen LogP contribution in [0.25, 0.3) is 0 Å². The fourth-order valence-corrected chi connectivity index (χ4v) is 3.82. The van der Waals surface area contributed by atoms with Crippen molar-refractivity contribution in [1.82, 2.24) is 14.8 Å². The molecule has 9 heteroatoms. The van der Waals surface area contributed by atoms with Gasteiger partial charge in [0.2, 0.25) is 5.95 Å². The summed E-state index contributed by atoms with van der Waals surface area (Å²) in [6.07, 6.45) is 4.05. The van der Waals surface area contributed by atoms with Gasteiger partial charge in [-0.2, -0.15) is 8.78 Å². The molecule has 0 amide bonds. The lowest BCUT2D eigenvalue weighted by molar-refractivity contribution is -0.0512. The Hall–Kier alpha value is -2.42. The molecule has 152 valence electrons. The molecule has 2 saturated heterocycles. The van der Waals surface area contributed by atoms with Crippen LogP contribution in [0.2, 0.25) is 0 Å². The van der Waals surface area contributed by atoms with Crippen LogP contribution >= 0.6 is 0 Å². The van der Waals surface area contributed by atoms with E-state index < -0.39 is 6.61 Å². The minimum absolute atomic E-state index is 0.0180. The highest BCUT2D eigenvalue weighted by Crippen LogP contribution is 2.33. The molecule has 1 aromatic carbocycles. The zero-order valence-corrected chi connectivity index (χ0v) is 15.8. The zero-order valence-electron chi connectivity index (χ0n) is 15.8. The van der Waals surface area contributed by atoms with Crippen LogP contribution in [-0.4, -0.2) is 48.2 Å². The highest BCUT2D eigenvalue weighted by molar-refractivity contribution is 5.44. The lowest BCUT2D eigenvalue weighted by Gasteiger charge is -2.20. The summed E-state index contributed by atoms with van der Waals surface area (Å²) in [6, 6.07) is 5.06. The van der Waals surface area contributed by atoms with E-state index in [0.29, 0.717) is 13.2 Å².